The summed E-state index contributed by atoms with van der Waals surface area (Å²) in [5.41, 5.74) is 11.3. The molecule has 7 heteroatoms. The van der Waals surface area contributed by atoms with Gasteiger partial charge in [0.25, 0.3) is 0 Å². The maximum Gasteiger partial charge on any atom is 0.104 e. The average Bonchev–Trinajstić information content (AvgIpc) is 3.42. The highest BCUT2D eigenvalue weighted by atomic mass is 32.1. The summed E-state index contributed by atoms with van der Waals surface area (Å²) in [6.45, 7) is 9.74. The number of hydrogen-bond acceptors (Lipinski definition) is 7. The van der Waals surface area contributed by atoms with Crippen molar-refractivity contribution in [1.82, 2.24) is 4.90 Å². The van der Waals surface area contributed by atoms with Crippen LogP contribution in [-0.2, 0) is 6.42 Å². The van der Waals surface area contributed by atoms with Gasteiger partial charge in [-0.2, -0.15) is 5.26 Å². The van der Waals surface area contributed by atoms with Gasteiger partial charge in [-0.05, 0) is 95.8 Å². The lowest BCUT2D eigenvalue weighted by molar-refractivity contribution is 0.293. The highest BCUT2D eigenvalue weighted by molar-refractivity contribution is 7.16. The Balaban J connectivity index is 1.88. The number of thiophene rings is 1. The van der Waals surface area contributed by atoms with Gasteiger partial charge in [0.15, 0.2) is 0 Å². The number of aryl methyl sites for hydroxylation is 1. The first kappa shape index (κ1) is 27.0. The maximum absolute atomic E-state index is 9.79. The average molecular weight is 493 g/mol. The maximum atomic E-state index is 9.79. The molecule has 2 atom stereocenters. The van der Waals surface area contributed by atoms with Crippen molar-refractivity contribution in [2.75, 3.05) is 25.9 Å². The topological polar surface area (TPSA) is 102 Å². The second kappa shape index (κ2) is 12.9. The van der Waals surface area contributed by atoms with Crippen molar-refractivity contribution in [3.05, 3.63) is 39.4 Å². The summed E-state index contributed by atoms with van der Waals surface area (Å²) in [7, 11) is 2.21. The van der Waals surface area contributed by atoms with Gasteiger partial charge in [0, 0.05) is 29.6 Å². The van der Waals surface area contributed by atoms with E-state index in [0.717, 1.165) is 56.1 Å². The molecule has 35 heavy (non-hydrogen) atoms. The number of nitrogens with two attached hydrogens (primary N) is 1. The van der Waals surface area contributed by atoms with Crippen molar-refractivity contribution >= 4 is 34.5 Å². The summed E-state index contributed by atoms with van der Waals surface area (Å²) < 4.78 is 0. The predicted molar refractivity (Wildman–Crippen MR) is 150 cm³/mol. The first-order valence-corrected chi connectivity index (χ1v) is 13.7. The van der Waals surface area contributed by atoms with Crippen molar-refractivity contribution in [3.63, 3.8) is 0 Å². The number of nitriles is 1. The molecule has 1 aromatic rings. The van der Waals surface area contributed by atoms with Crippen LogP contribution in [0.5, 0.6) is 0 Å². The van der Waals surface area contributed by atoms with E-state index in [2.05, 4.69) is 43.6 Å². The number of rotatable bonds is 11. The van der Waals surface area contributed by atoms with Crippen molar-refractivity contribution in [1.29, 1.82) is 10.7 Å². The van der Waals surface area contributed by atoms with Crippen molar-refractivity contribution in [2.24, 2.45) is 9.98 Å². The molecular formula is C28H40N6S. The van der Waals surface area contributed by atoms with Crippen LogP contribution < -0.4 is 5.73 Å². The van der Waals surface area contributed by atoms with E-state index >= 15 is 0 Å². The van der Waals surface area contributed by atoms with Gasteiger partial charge in [-0.15, -0.1) is 11.3 Å². The predicted octanol–water partition coefficient (Wildman–Crippen LogP) is 6.29. The smallest absolute Gasteiger partial charge is 0.104 e. The van der Waals surface area contributed by atoms with Gasteiger partial charge < -0.3 is 10.6 Å². The molecule has 3 rings (SSSR count). The highest BCUT2D eigenvalue weighted by Gasteiger charge is 2.30. The molecule has 0 saturated carbocycles. The Kier molecular flexibility index (Phi) is 10.00. The molecule has 1 aromatic heterocycles. The van der Waals surface area contributed by atoms with E-state index < -0.39 is 0 Å². The lowest BCUT2D eigenvalue weighted by atomic mass is 9.77. The molecule has 1 fully saturated rings. The number of anilines is 1. The summed E-state index contributed by atoms with van der Waals surface area (Å²) in [4.78, 5) is 12.4. The number of nitrogens with zero attached hydrogens (tertiary/aromatic N) is 4. The van der Waals surface area contributed by atoms with E-state index in [4.69, 9.17) is 16.1 Å². The molecule has 1 aliphatic carbocycles. The van der Waals surface area contributed by atoms with Crippen LogP contribution in [0.4, 0.5) is 5.00 Å². The summed E-state index contributed by atoms with van der Waals surface area (Å²) in [5, 5.41) is 19.6. The van der Waals surface area contributed by atoms with E-state index in [1.54, 1.807) is 17.5 Å². The Hall–Kier alpha value is -2.56. The van der Waals surface area contributed by atoms with Crippen LogP contribution in [0, 0.1) is 16.7 Å². The van der Waals surface area contributed by atoms with E-state index in [1.165, 1.54) is 29.8 Å². The van der Waals surface area contributed by atoms with Crippen molar-refractivity contribution in [3.8, 4) is 6.07 Å². The van der Waals surface area contributed by atoms with E-state index in [9.17, 15) is 5.26 Å². The molecule has 188 valence electrons. The normalized spacial score (nSPS) is 21.6. The van der Waals surface area contributed by atoms with Gasteiger partial charge in [-0.25, -0.2) is 0 Å². The number of fused-ring (bicyclic) bond motifs is 1. The first-order chi connectivity index (χ1) is 16.9. The molecule has 2 aliphatic rings. The standard InChI is InChI=1S/C28H40N6S/c1-5-9-22(19(2)21-12-6-13-25-26(21)23(18-29)28(31)35-25)27(30)24(14-16-32-3)33-15-7-10-20-11-8-17-34(20)4/h14,16,20-21,30H,3,5-13,15,17,31H2,1-2,4H3/b16-14-,22-19+,30-27?,33-24?/t20-,21?/m1/s1. The largest absolute Gasteiger partial charge is 0.389 e. The molecule has 0 aromatic carbocycles. The third kappa shape index (κ3) is 6.36. The van der Waals surface area contributed by atoms with Gasteiger partial charge in [0.05, 0.1) is 17.0 Å². The minimum absolute atomic E-state index is 0.129. The minimum atomic E-state index is 0.129. The molecule has 0 spiro atoms. The van der Waals surface area contributed by atoms with Gasteiger partial charge in [0.2, 0.25) is 0 Å². The van der Waals surface area contributed by atoms with Gasteiger partial charge >= 0.3 is 0 Å². The molecule has 0 amide bonds. The number of hydrogen-bond donors (Lipinski definition) is 2. The lowest BCUT2D eigenvalue weighted by Crippen LogP contribution is -2.24. The van der Waals surface area contributed by atoms with Crippen LogP contribution in [0.2, 0.25) is 0 Å². The number of allylic oxidation sites excluding steroid dienone is 3. The van der Waals surface area contributed by atoms with Gasteiger partial charge in [-0.1, -0.05) is 18.9 Å². The number of aliphatic imine (C=N–C) groups is 2. The molecule has 1 saturated heterocycles. The Morgan fingerprint density at radius 2 is 2.17 bits per heavy atom. The molecule has 1 unspecified atom stereocenters. The first-order valence-electron chi connectivity index (χ1n) is 12.9. The van der Waals surface area contributed by atoms with E-state index in [-0.39, 0.29) is 5.92 Å². The van der Waals surface area contributed by atoms with Crippen LogP contribution in [0.1, 0.15) is 87.1 Å². The fourth-order valence-corrected chi connectivity index (χ4v) is 6.69. The fraction of sp³-hybridized carbons (Fsp3) is 0.571. The molecule has 3 N–H and O–H groups in total. The van der Waals surface area contributed by atoms with E-state index in [1.807, 2.05) is 6.08 Å². The summed E-state index contributed by atoms with van der Waals surface area (Å²) in [6, 6.07) is 3.01. The van der Waals surface area contributed by atoms with Gasteiger partial charge in [0.1, 0.15) is 11.1 Å². The minimum Gasteiger partial charge on any atom is -0.389 e. The number of nitrogens with one attached hydrogen (secondary N) is 1. The van der Waals surface area contributed by atoms with Crippen molar-refractivity contribution < 1.29 is 0 Å². The quantitative estimate of drug-likeness (QED) is 0.280. The SMILES string of the molecule is C=N/C=C\C(=NCCC[C@@H]1CCCN1C)C(=N)/C(CCC)=C(\C)C1CCCc2sc(N)c(C#N)c21. The number of likely N-dealkylation sites (tertiary alicyclic amines) is 1. The third-order valence-electron chi connectivity index (χ3n) is 7.45. The Labute approximate surface area is 214 Å². The third-order valence-corrected chi connectivity index (χ3v) is 8.54. The number of nitrogen functional groups attached to an aromatic ring is 1. The van der Waals surface area contributed by atoms with Crippen LogP contribution >= 0.6 is 11.3 Å². The zero-order valence-corrected chi connectivity index (χ0v) is 22.4. The van der Waals surface area contributed by atoms with Gasteiger partial charge in [-0.3, -0.25) is 15.4 Å². The Morgan fingerprint density at radius 1 is 1.37 bits per heavy atom. The monoisotopic (exact) mass is 492 g/mol. The summed E-state index contributed by atoms with van der Waals surface area (Å²) >= 11 is 1.56. The zero-order chi connectivity index (χ0) is 25.4. The molecule has 6 nitrogen and oxygen atoms in total. The molecular weight excluding hydrogens is 452 g/mol. The second-order valence-electron chi connectivity index (χ2n) is 9.71. The molecule has 1 aliphatic heterocycles. The summed E-state index contributed by atoms with van der Waals surface area (Å²) in [5.74, 6) is 0.129. The lowest BCUT2D eigenvalue weighted by Gasteiger charge is -2.27. The van der Waals surface area contributed by atoms with Crippen LogP contribution in [0.3, 0.4) is 0 Å². The van der Waals surface area contributed by atoms with E-state index in [0.29, 0.717) is 34.6 Å². The Bertz CT molecular complexity index is 1050. The second-order valence-corrected chi connectivity index (χ2v) is 10.8. The Morgan fingerprint density at radius 3 is 2.83 bits per heavy atom. The summed E-state index contributed by atoms with van der Waals surface area (Å²) in [6.07, 6.45) is 12.9. The molecule has 0 radical (unpaired) electrons. The zero-order valence-electron chi connectivity index (χ0n) is 21.6. The molecule has 2 heterocycles. The van der Waals surface area contributed by atoms with Crippen LogP contribution in [-0.4, -0.2) is 49.2 Å². The fourth-order valence-electron chi connectivity index (χ4n) is 5.57. The van der Waals surface area contributed by atoms with Crippen LogP contribution in [0.15, 0.2) is 33.4 Å². The highest BCUT2D eigenvalue weighted by Crippen LogP contribution is 2.46. The van der Waals surface area contributed by atoms with Crippen molar-refractivity contribution in [2.45, 2.75) is 83.6 Å². The van der Waals surface area contributed by atoms with Crippen LogP contribution in [0.25, 0.3) is 0 Å². The molecule has 0 bridgehead atoms.